The van der Waals surface area contributed by atoms with Gasteiger partial charge >= 0.3 is 0 Å². The molecular weight excluding hydrogens is 507 g/mol. The van der Waals surface area contributed by atoms with Crippen molar-refractivity contribution in [1.82, 2.24) is 10.2 Å². The number of rotatable bonds is 8. The van der Waals surface area contributed by atoms with E-state index in [0.717, 1.165) is 3.57 Å². The van der Waals surface area contributed by atoms with Gasteiger partial charge in [-0.25, -0.2) is 0 Å². The zero-order valence-corrected chi connectivity index (χ0v) is 20.7. The van der Waals surface area contributed by atoms with Crippen molar-refractivity contribution in [3.8, 4) is 11.5 Å². The lowest BCUT2D eigenvalue weighted by molar-refractivity contribution is -0.127. The van der Waals surface area contributed by atoms with Crippen LogP contribution < -0.4 is 14.8 Å². The number of benzene rings is 2. The van der Waals surface area contributed by atoms with Crippen LogP contribution in [0.4, 0.5) is 0 Å². The highest BCUT2D eigenvalue weighted by atomic mass is 127. The normalized spacial score (nSPS) is 11.9. The number of methoxy groups -OCH3 is 2. The van der Waals surface area contributed by atoms with E-state index in [4.69, 9.17) is 9.47 Å². The maximum Gasteiger partial charge on any atom is 0.255 e. The van der Waals surface area contributed by atoms with Crippen molar-refractivity contribution in [2.45, 2.75) is 32.4 Å². The number of nitrogens with zero attached hydrogens (tertiary/aromatic N) is 1. The minimum absolute atomic E-state index is 0.195. The van der Waals surface area contributed by atoms with Crippen LogP contribution in [-0.2, 0) is 4.79 Å². The van der Waals surface area contributed by atoms with Gasteiger partial charge in [-0.2, -0.15) is 0 Å². The Morgan fingerprint density at radius 3 is 2.23 bits per heavy atom. The van der Waals surface area contributed by atoms with Crippen molar-refractivity contribution in [3.63, 3.8) is 0 Å². The molecule has 0 aromatic heterocycles. The highest BCUT2D eigenvalue weighted by molar-refractivity contribution is 14.1. The van der Waals surface area contributed by atoms with Gasteiger partial charge < -0.3 is 19.7 Å². The molecular formula is C24H29IN2O4. The first-order chi connectivity index (χ1) is 14.6. The molecule has 0 saturated carbocycles. The van der Waals surface area contributed by atoms with Gasteiger partial charge in [0.05, 0.1) is 14.2 Å². The van der Waals surface area contributed by atoms with Gasteiger partial charge in [0, 0.05) is 26.8 Å². The predicted octanol–water partition coefficient (Wildman–Crippen LogP) is 4.59. The van der Waals surface area contributed by atoms with E-state index in [2.05, 4.69) is 34.5 Å². The molecule has 6 nitrogen and oxygen atoms in total. The predicted molar refractivity (Wildman–Crippen MR) is 131 cm³/mol. The maximum atomic E-state index is 13.5. The number of carbonyl (C=O) groups is 2. The molecule has 0 fully saturated rings. The molecule has 7 heteroatoms. The van der Waals surface area contributed by atoms with E-state index < -0.39 is 11.6 Å². The van der Waals surface area contributed by atoms with Crippen LogP contribution in [0.2, 0.25) is 0 Å². The van der Waals surface area contributed by atoms with Crippen molar-refractivity contribution in [2.24, 2.45) is 0 Å². The lowest BCUT2D eigenvalue weighted by atomic mass is 10.00. The number of nitrogens with one attached hydrogen (secondary N) is 1. The highest BCUT2D eigenvalue weighted by Crippen LogP contribution is 2.36. The van der Waals surface area contributed by atoms with Gasteiger partial charge in [-0.15, -0.1) is 6.58 Å². The fourth-order valence-corrected chi connectivity index (χ4v) is 3.89. The van der Waals surface area contributed by atoms with E-state index in [1.807, 2.05) is 26.8 Å². The van der Waals surface area contributed by atoms with Crippen LogP contribution in [0.25, 0.3) is 0 Å². The van der Waals surface area contributed by atoms with Crippen LogP contribution >= 0.6 is 22.6 Å². The third kappa shape index (κ3) is 6.22. The van der Waals surface area contributed by atoms with Crippen molar-refractivity contribution in [2.75, 3.05) is 20.8 Å². The zero-order chi connectivity index (χ0) is 23.2. The average Bonchev–Trinajstić information content (AvgIpc) is 2.72. The summed E-state index contributed by atoms with van der Waals surface area (Å²) in [4.78, 5) is 28.5. The second-order valence-electron chi connectivity index (χ2n) is 7.98. The first-order valence-electron chi connectivity index (χ1n) is 9.83. The Hall–Kier alpha value is -2.55. The quantitative estimate of drug-likeness (QED) is 0.396. The van der Waals surface area contributed by atoms with Gasteiger partial charge in [0.1, 0.15) is 6.04 Å². The van der Waals surface area contributed by atoms with Crippen LogP contribution in [0.1, 0.15) is 42.7 Å². The third-order valence-electron chi connectivity index (χ3n) is 4.46. The minimum atomic E-state index is -0.892. The van der Waals surface area contributed by atoms with E-state index >= 15 is 0 Å². The summed E-state index contributed by atoms with van der Waals surface area (Å²) in [6.45, 7) is 9.70. The molecule has 2 aromatic carbocycles. The van der Waals surface area contributed by atoms with Crippen molar-refractivity contribution >= 4 is 34.4 Å². The SMILES string of the molecule is C=CCN(C(=O)c1ccccc1)C(C(=O)NC(C)(C)C)c1cc(OC)c(OC)cc1I. The summed E-state index contributed by atoms with van der Waals surface area (Å²) in [5, 5.41) is 3.01. The summed E-state index contributed by atoms with van der Waals surface area (Å²) in [7, 11) is 3.09. The summed E-state index contributed by atoms with van der Waals surface area (Å²) in [6, 6.07) is 11.6. The molecule has 0 aliphatic carbocycles. The van der Waals surface area contributed by atoms with Gasteiger partial charge in [-0.05, 0) is 67.6 Å². The molecule has 31 heavy (non-hydrogen) atoms. The standard InChI is InChI=1S/C24H29IN2O4/c1-7-13-27(23(29)16-11-9-8-10-12-16)21(22(28)26-24(2,3)4)17-14-19(30-5)20(31-6)15-18(17)25/h7-12,14-15,21H,1,13H2,2-6H3,(H,26,28). The van der Waals surface area contributed by atoms with E-state index in [0.29, 0.717) is 22.6 Å². The molecule has 166 valence electrons. The molecule has 1 N–H and O–H groups in total. The summed E-state index contributed by atoms with van der Waals surface area (Å²) >= 11 is 2.15. The molecule has 0 saturated heterocycles. The van der Waals surface area contributed by atoms with Crippen LogP contribution in [0, 0.1) is 3.57 Å². The smallest absolute Gasteiger partial charge is 0.255 e. The van der Waals surface area contributed by atoms with Gasteiger partial charge in [-0.1, -0.05) is 24.3 Å². The monoisotopic (exact) mass is 536 g/mol. The highest BCUT2D eigenvalue weighted by Gasteiger charge is 2.35. The molecule has 1 atom stereocenters. The first kappa shape index (κ1) is 24.7. The lowest BCUT2D eigenvalue weighted by Crippen LogP contribution is -2.49. The number of hydrogen-bond donors (Lipinski definition) is 1. The van der Waals surface area contributed by atoms with Crippen LogP contribution in [0.3, 0.4) is 0 Å². The van der Waals surface area contributed by atoms with E-state index in [-0.39, 0.29) is 18.4 Å². The lowest BCUT2D eigenvalue weighted by Gasteiger charge is -2.34. The van der Waals surface area contributed by atoms with Crippen molar-refractivity contribution < 1.29 is 19.1 Å². The zero-order valence-electron chi connectivity index (χ0n) is 18.6. The summed E-state index contributed by atoms with van der Waals surface area (Å²) < 4.78 is 11.6. The summed E-state index contributed by atoms with van der Waals surface area (Å²) in [5.74, 6) is 0.483. The maximum absolute atomic E-state index is 13.5. The molecule has 0 aliphatic heterocycles. The average molecular weight is 536 g/mol. The van der Waals surface area contributed by atoms with E-state index in [9.17, 15) is 9.59 Å². The minimum Gasteiger partial charge on any atom is -0.493 e. The van der Waals surface area contributed by atoms with E-state index in [1.54, 1.807) is 49.6 Å². The second-order valence-corrected chi connectivity index (χ2v) is 9.14. The number of hydrogen-bond acceptors (Lipinski definition) is 4. The molecule has 0 radical (unpaired) electrons. The molecule has 0 spiro atoms. The van der Waals surface area contributed by atoms with Gasteiger partial charge in [0.25, 0.3) is 5.91 Å². The van der Waals surface area contributed by atoms with Gasteiger partial charge in [-0.3, -0.25) is 9.59 Å². The Labute approximate surface area is 197 Å². The van der Waals surface area contributed by atoms with Gasteiger partial charge in [0.2, 0.25) is 5.91 Å². The Kier molecular flexibility index (Phi) is 8.50. The van der Waals surface area contributed by atoms with Crippen LogP contribution in [0.5, 0.6) is 11.5 Å². The fourth-order valence-electron chi connectivity index (χ4n) is 3.16. The van der Waals surface area contributed by atoms with Crippen molar-refractivity contribution in [3.05, 3.63) is 69.8 Å². The molecule has 0 aliphatic rings. The number of halogens is 1. The topological polar surface area (TPSA) is 67.9 Å². The Balaban J connectivity index is 2.67. The number of ether oxygens (including phenoxy) is 2. The van der Waals surface area contributed by atoms with Crippen molar-refractivity contribution in [1.29, 1.82) is 0 Å². The van der Waals surface area contributed by atoms with E-state index in [1.165, 1.54) is 12.0 Å². The Morgan fingerprint density at radius 2 is 1.71 bits per heavy atom. The molecule has 0 bridgehead atoms. The summed E-state index contributed by atoms with van der Waals surface area (Å²) in [6.07, 6.45) is 1.62. The Morgan fingerprint density at radius 1 is 1.13 bits per heavy atom. The third-order valence-corrected chi connectivity index (χ3v) is 5.40. The van der Waals surface area contributed by atoms with Gasteiger partial charge in [0.15, 0.2) is 11.5 Å². The number of carbonyl (C=O) groups excluding carboxylic acids is 2. The first-order valence-corrected chi connectivity index (χ1v) is 10.9. The Bertz CT molecular complexity index is 939. The second kappa shape index (κ2) is 10.7. The molecule has 2 rings (SSSR count). The largest absolute Gasteiger partial charge is 0.493 e. The fraction of sp³-hybridized carbons (Fsp3) is 0.333. The molecule has 0 heterocycles. The molecule has 2 aromatic rings. The molecule has 2 amide bonds. The number of amides is 2. The summed E-state index contributed by atoms with van der Waals surface area (Å²) in [5.41, 5.74) is 0.659. The van der Waals surface area contributed by atoms with Crippen LogP contribution in [-0.4, -0.2) is 43.0 Å². The van der Waals surface area contributed by atoms with Crippen LogP contribution in [0.15, 0.2) is 55.1 Å². The molecule has 1 unspecified atom stereocenters.